The van der Waals surface area contributed by atoms with Crippen molar-refractivity contribution in [3.05, 3.63) is 48.6 Å². The number of methoxy groups -OCH3 is 1. The first-order valence-corrected chi connectivity index (χ1v) is 9.13. The molecule has 2 saturated heterocycles. The van der Waals surface area contributed by atoms with E-state index in [4.69, 9.17) is 28.7 Å². The molecular formula is C19H26Ac4O10. The van der Waals surface area contributed by atoms with Gasteiger partial charge < -0.3 is 39.4 Å². The van der Waals surface area contributed by atoms with Crippen LogP contribution in [0.15, 0.2) is 43.0 Å². The summed E-state index contributed by atoms with van der Waals surface area (Å²) in [6.07, 6.45) is -10.2. The van der Waals surface area contributed by atoms with Crippen LogP contribution in [0.1, 0.15) is 11.7 Å². The van der Waals surface area contributed by atoms with E-state index in [1.165, 1.54) is 13.2 Å². The van der Waals surface area contributed by atoms with E-state index in [0.717, 1.165) is 0 Å². The smallest absolute Gasteiger partial charge is 0.220 e. The van der Waals surface area contributed by atoms with Crippen LogP contribution in [0.3, 0.4) is 0 Å². The summed E-state index contributed by atoms with van der Waals surface area (Å²) in [4.78, 5) is 10.8. The van der Waals surface area contributed by atoms with Gasteiger partial charge in [-0.05, 0) is 5.56 Å². The number of rotatable bonds is 7. The van der Waals surface area contributed by atoms with Crippen LogP contribution >= 0.6 is 0 Å². The van der Waals surface area contributed by atoms with Crippen LogP contribution in [-0.4, -0.2) is 83.5 Å². The molecule has 0 amide bonds. The maximum Gasteiger partial charge on any atom is 0.220 e. The van der Waals surface area contributed by atoms with Crippen molar-refractivity contribution >= 4 is 0 Å². The van der Waals surface area contributed by atoms with Crippen LogP contribution in [0.2, 0.25) is 0 Å². The summed E-state index contributed by atoms with van der Waals surface area (Å²) in [6.45, 7) is 3.76. The topological polar surface area (TPSA) is 136 Å². The number of ether oxygens (including phenoxy) is 4. The second-order valence-corrected chi connectivity index (χ2v) is 6.68. The second-order valence-electron chi connectivity index (χ2n) is 6.68. The van der Waals surface area contributed by atoms with Gasteiger partial charge in [0.25, 0.3) is 0 Å². The molecule has 0 spiro atoms. The Bertz CT molecular complexity index is 661. The molecule has 2 aliphatic rings. The van der Waals surface area contributed by atoms with E-state index in [9.17, 15) is 20.4 Å². The fraction of sp³-hybridized carbons (Fsp3) is 0.579. The molecule has 3 rings (SSSR count). The predicted molar refractivity (Wildman–Crippen MR) is 95.9 cm³/mol. The molecule has 0 bridgehead atoms. The molecule has 33 heavy (non-hydrogen) atoms. The first-order chi connectivity index (χ1) is 14.0. The van der Waals surface area contributed by atoms with E-state index in [2.05, 4.69) is 6.58 Å². The van der Waals surface area contributed by atoms with E-state index in [1.807, 2.05) is 6.07 Å². The van der Waals surface area contributed by atoms with Crippen molar-refractivity contribution in [1.29, 1.82) is 0 Å². The molecule has 4 N–H and O–H groups in total. The SMILES string of the molecule is C=CCOC1C(OC)OOC(c2ccccc2)C1OC1OC(O)C(O)C(O)C1O.[Ac].[Ac].[Ac].[Ac]. The number of hydrogen-bond donors (Lipinski definition) is 4. The zero-order chi connectivity index (χ0) is 21.0. The van der Waals surface area contributed by atoms with Crippen LogP contribution in [-0.2, 0) is 28.7 Å². The van der Waals surface area contributed by atoms with Crippen LogP contribution in [0.4, 0.5) is 0 Å². The number of aliphatic hydroxyl groups is 4. The third-order valence-electron chi connectivity index (χ3n) is 4.75. The molecule has 0 aromatic heterocycles. The van der Waals surface area contributed by atoms with E-state index >= 15 is 0 Å². The fourth-order valence-corrected chi connectivity index (χ4v) is 3.21. The molecule has 1 aromatic rings. The molecule has 0 saturated carbocycles. The summed E-state index contributed by atoms with van der Waals surface area (Å²) in [6, 6.07) is 9.00. The monoisotopic (exact) mass is 1320 g/mol. The normalized spacial score (nSPS) is 35.6. The Hall–Kier alpha value is 4.33. The van der Waals surface area contributed by atoms with Crippen molar-refractivity contribution in [1.82, 2.24) is 0 Å². The molecule has 2 fully saturated rings. The fourth-order valence-electron chi connectivity index (χ4n) is 3.21. The van der Waals surface area contributed by atoms with Crippen molar-refractivity contribution in [3.63, 3.8) is 0 Å². The minimum atomic E-state index is -1.75. The molecule has 4 radical (unpaired) electrons. The van der Waals surface area contributed by atoms with E-state index < -0.39 is 55.5 Å². The van der Waals surface area contributed by atoms with Gasteiger partial charge in [-0.1, -0.05) is 36.4 Å². The quantitative estimate of drug-likeness (QED) is 0.207. The van der Waals surface area contributed by atoms with Gasteiger partial charge in [0.05, 0.1) is 6.61 Å². The summed E-state index contributed by atoms with van der Waals surface area (Å²) < 4.78 is 22.1. The van der Waals surface area contributed by atoms with E-state index in [1.54, 1.807) is 24.3 Å². The molecule has 1 aromatic carbocycles. The third-order valence-corrected chi connectivity index (χ3v) is 4.75. The molecule has 2 aliphatic heterocycles. The first kappa shape index (κ1) is 39.5. The van der Waals surface area contributed by atoms with Crippen LogP contribution in [0.5, 0.6) is 0 Å². The van der Waals surface area contributed by atoms with Gasteiger partial charge in [-0.3, -0.25) is 0 Å². The van der Waals surface area contributed by atoms with Crippen LogP contribution < -0.4 is 0 Å². The first-order valence-electron chi connectivity index (χ1n) is 9.13. The minimum Gasteiger partial charge on any atom is -0.387 e. The summed E-state index contributed by atoms with van der Waals surface area (Å²) in [5.74, 6) is 0. The second kappa shape index (κ2) is 20.2. The Morgan fingerprint density at radius 1 is 0.879 bits per heavy atom. The van der Waals surface area contributed by atoms with Gasteiger partial charge >= 0.3 is 0 Å². The van der Waals surface area contributed by atoms with Crippen molar-refractivity contribution in [2.24, 2.45) is 0 Å². The summed E-state index contributed by atoms with van der Waals surface area (Å²) in [5.41, 5.74) is 0.686. The van der Waals surface area contributed by atoms with Gasteiger partial charge in [0.15, 0.2) is 12.6 Å². The van der Waals surface area contributed by atoms with Gasteiger partial charge in [0.2, 0.25) is 6.29 Å². The van der Waals surface area contributed by atoms with Crippen molar-refractivity contribution in [2.45, 2.75) is 55.5 Å². The maximum absolute atomic E-state index is 10.3. The Balaban J connectivity index is 0. The zero-order valence-electron chi connectivity index (χ0n) is 18.1. The van der Waals surface area contributed by atoms with E-state index in [-0.39, 0.29) is 183 Å². The molecule has 10 nitrogen and oxygen atoms in total. The van der Waals surface area contributed by atoms with Gasteiger partial charge in [0, 0.05) is 183 Å². The van der Waals surface area contributed by atoms with Crippen LogP contribution in [0, 0.1) is 176 Å². The molecule has 174 valence electrons. The molecular weight excluding hydrogens is 1300 g/mol. The molecule has 14 heteroatoms. The van der Waals surface area contributed by atoms with Crippen molar-refractivity contribution in [2.75, 3.05) is 13.7 Å². The average molecular weight is 1320 g/mol. The zero-order valence-corrected chi connectivity index (χ0v) is 37.1. The number of benzene rings is 1. The number of aliphatic hydroxyl groups excluding tert-OH is 4. The Morgan fingerprint density at radius 3 is 2.09 bits per heavy atom. The minimum absolute atomic E-state index is 0. The van der Waals surface area contributed by atoms with Gasteiger partial charge in [-0.25, -0.2) is 9.78 Å². The summed E-state index contributed by atoms with van der Waals surface area (Å²) in [7, 11) is 1.40. The van der Waals surface area contributed by atoms with Gasteiger partial charge in [-0.15, -0.1) is 6.58 Å². The summed E-state index contributed by atoms with van der Waals surface area (Å²) >= 11 is 0. The standard InChI is InChI=1S/C19H26O10.4Ac/c1-3-9-25-16-15(26-18-13(22)11(20)12(21)17(23)27-18)14(28-29-19(16)24-2)10-7-5-4-6-8-10;;;;/h3-8,11-23H,1,9H2,2H3;;;;. The van der Waals surface area contributed by atoms with Crippen LogP contribution in [0.25, 0.3) is 0 Å². The number of hydrogen-bond acceptors (Lipinski definition) is 10. The van der Waals surface area contributed by atoms with E-state index in [0.29, 0.717) is 5.56 Å². The van der Waals surface area contributed by atoms with Gasteiger partial charge in [-0.2, -0.15) is 0 Å². The Kier molecular flexibility index (Phi) is 24.2. The summed E-state index contributed by atoms with van der Waals surface area (Å²) in [5, 5.41) is 39.7. The molecule has 9 atom stereocenters. The Morgan fingerprint density at radius 2 is 1.52 bits per heavy atom. The largest absolute Gasteiger partial charge is 0.387 e. The van der Waals surface area contributed by atoms with Crippen molar-refractivity contribution < 1.29 is 225 Å². The maximum atomic E-state index is 10.3. The molecule has 2 heterocycles. The Labute approximate surface area is 335 Å². The van der Waals surface area contributed by atoms with Crippen molar-refractivity contribution in [3.8, 4) is 0 Å². The van der Waals surface area contributed by atoms with Gasteiger partial charge in [0.1, 0.15) is 36.6 Å². The molecule has 9 unspecified atom stereocenters. The third kappa shape index (κ3) is 10.7. The average Bonchev–Trinajstić information content (AvgIpc) is 2.75. The predicted octanol–water partition coefficient (Wildman–Crippen LogP) is -0.624. The molecule has 0 aliphatic carbocycles.